The van der Waals surface area contributed by atoms with E-state index >= 15 is 0 Å². The van der Waals surface area contributed by atoms with E-state index in [0.717, 1.165) is 25.7 Å². The minimum absolute atomic E-state index is 0.236. The molecule has 1 aliphatic rings. The first kappa shape index (κ1) is 11.3. The average molecular weight is 200 g/mol. The van der Waals surface area contributed by atoms with Gasteiger partial charge in [0.2, 0.25) is 0 Å². The van der Waals surface area contributed by atoms with Gasteiger partial charge in [0, 0.05) is 19.1 Å². The molecule has 0 saturated heterocycles. The van der Waals surface area contributed by atoms with E-state index in [1.54, 1.807) is 0 Å². The van der Waals surface area contributed by atoms with Gasteiger partial charge in [0.25, 0.3) is 0 Å². The number of oxime groups is 1. The Hall–Kier alpha value is -0.810. The second kappa shape index (κ2) is 5.82. The topological polar surface area (TPSA) is 73.9 Å². The summed E-state index contributed by atoms with van der Waals surface area (Å²) < 4.78 is 0. The Morgan fingerprint density at radius 3 is 2.86 bits per heavy atom. The summed E-state index contributed by atoms with van der Waals surface area (Å²) >= 11 is 0. The SMILES string of the molecule is CCN(CCNCC(N)=NO)C1CC1. The third-order valence-electron chi connectivity index (χ3n) is 2.48. The summed E-state index contributed by atoms with van der Waals surface area (Å²) in [4.78, 5) is 2.46. The number of rotatable bonds is 7. The number of likely N-dealkylation sites (N-methyl/N-ethyl adjacent to an activating group) is 1. The average Bonchev–Trinajstić information content (AvgIpc) is 3.01. The molecular weight excluding hydrogens is 180 g/mol. The van der Waals surface area contributed by atoms with Gasteiger partial charge in [0.1, 0.15) is 0 Å². The molecule has 0 atom stereocenters. The van der Waals surface area contributed by atoms with E-state index < -0.39 is 0 Å². The second-order valence-corrected chi connectivity index (χ2v) is 3.63. The van der Waals surface area contributed by atoms with Crippen LogP contribution in [0.4, 0.5) is 0 Å². The first-order valence-corrected chi connectivity index (χ1v) is 5.19. The van der Waals surface area contributed by atoms with Crippen LogP contribution < -0.4 is 11.1 Å². The fraction of sp³-hybridized carbons (Fsp3) is 0.889. The zero-order valence-corrected chi connectivity index (χ0v) is 8.74. The van der Waals surface area contributed by atoms with Crippen molar-refractivity contribution in [3.8, 4) is 0 Å². The Morgan fingerprint density at radius 1 is 1.64 bits per heavy atom. The Kier molecular flexibility index (Phi) is 4.69. The maximum absolute atomic E-state index is 8.30. The lowest BCUT2D eigenvalue weighted by molar-refractivity contribution is 0.278. The standard InChI is InChI=1S/C9H20N4O/c1-2-13(8-3-4-8)6-5-11-7-9(10)12-14/h8,11,14H,2-7H2,1H3,(H2,10,12). The molecule has 1 rings (SSSR count). The molecule has 0 heterocycles. The molecule has 0 aliphatic heterocycles. The molecule has 0 unspecified atom stereocenters. The predicted octanol–water partition coefficient (Wildman–Crippen LogP) is -0.193. The zero-order valence-electron chi connectivity index (χ0n) is 8.74. The molecule has 82 valence electrons. The molecule has 0 amide bonds. The lowest BCUT2D eigenvalue weighted by atomic mass is 10.4. The summed E-state index contributed by atoms with van der Waals surface area (Å²) in [5.74, 6) is 0.236. The van der Waals surface area contributed by atoms with Gasteiger partial charge < -0.3 is 16.3 Å². The van der Waals surface area contributed by atoms with Gasteiger partial charge in [0.15, 0.2) is 5.84 Å². The number of amidine groups is 1. The highest BCUT2D eigenvalue weighted by molar-refractivity contribution is 5.81. The molecular formula is C9H20N4O. The van der Waals surface area contributed by atoms with Crippen molar-refractivity contribution in [3.63, 3.8) is 0 Å². The van der Waals surface area contributed by atoms with Crippen molar-refractivity contribution in [1.29, 1.82) is 0 Å². The van der Waals surface area contributed by atoms with Crippen LogP contribution in [-0.2, 0) is 0 Å². The molecule has 0 aromatic carbocycles. The maximum Gasteiger partial charge on any atom is 0.153 e. The molecule has 0 aromatic heterocycles. The molecule has 0 bridgehead atoms. The Morgan fingerprint density at radius 2 is 2.36 bits per heavy atom. The van der Waals surface area contributed by atoms with Crippen molar-refractivity contribution in [2.75, 3.05) is 26.2 Å². The maximum atomic E-state index is 8.30. The molecule has 0 aromatic rings. The van der Waals surface area contributed by atoms with Crippen LogP contribution in [0, 0.1) is 0 Å². The Labute approximate surface area is 84.9 Å². The monoisotopic (exact) mass is 200 g/mol. The minimum atomic E-state index is 0.236. The molecule has 1 saturated carbocycles. The molecule has 1 fully saturated rings. The summed E-state index contributed by atoms with van der Waals surface area (Å²) in [5, 5.41) is 14.3. The van der Waals surface area contributed by atoms with Crippen LogP contribution in [0.1, 0.15) is 19.8 Å². The largest absolute Gasteiger partial charge is 0.409 e. The van der Waals surface area contributed by atoms with Crippen LogP contribution in [-0.4, -0.2) is 48.2 Å². The van der Waals surface area contributed by atoms with Crippen LogP contribution in [0.15, 0.2) is 5.16 Å². The van der Waals surface area contributed by atoms with E-state index in [1.807, 2.05) is 0 Å². The number of nitrogens with one attached hydrogen (secondary N) is 1. The fourth-order valence-electron chi connectivity index (χ4n) is 1.51. The van der Waals surface area contributed by atoms with E-state index in [-0.39, 0.29) is 5.84 Å². The van der Waals surface area contributed by atoms with Crippen LogP contribution in [0.25, 0.3) is 0 Å². The quantitative estimate of drug-likeness (QED) is 0.175. The highest BCUT2D eigenvalue weighted by atomic mass is 16.4. The first-order valence-electron chi connectivity index (χ1n) is 5.19. The van der Waals surface area contributed by atoms with E-state index in [4.69, 9.17) is 10.9 Å². The van der Waals surface area contributed by atoms with Crippen molar-refractivity contribution in [2.24, 2.45) is 10.9 Å². The number of hydrogen-bond acceptors (Lipinski definition) is 4. The van der Waals surface area contributed by atoms with E-state index in [1.165, 1.54) is 12.8 Å². The minimum Gasteiger partial charge on any atom is -0.409 e. The number of nitrogens with two attached hydrogens (primary N) is 1. The van der Waals surface area contributed by atoms with E-state index in [0.29, 0.717) is 6.54 Å². The highest BCUT2D eigenvalue weighted by Gasteiger charge is 2.26. The Bertz CT molecular complexity index is 191. The van der Waals surface area contributed by atoms with Gasteiger partial charge in [0.05, 0.1) is 6.54 Å². The Balaban J connectivity index is 2.01. The van der Waals surface area contributed by atoms with Gasteiger partial charge in [-0.25, -0.2) is 0 Å². The molecule has 14 heavy (non-hydrogen) atoms. The summed E-state index contributed by atoms with van der Waals surface area (Å²) in [6.45, 7) is 5.68. The van der Waals surface area contributed by atoms with Crippen LogP contribution >= 0.6 is 0 Å². The van der Waals surface area contributed by atoms with Crippen molar-refractivity contribution < 1.29 is 5.21 Å². The normalized spacial score (nSPS) is 17.7. The van der Waals surface area contributed by atoms with E-state index in [2.05, 4.69) is 22.3 Å². The van der Waals surface area contributed by atoms with Crippen LogP contribution in [0.3, 0.4) is 0 Å². The van der Waals surface area contributed by atoms with Gasteiger partial charge in [-0.3, -0.25) is 4.90 Å². The predicted molar refractivity (Wildman–Crippen MR) is 56.5 cm³/mol. The van der Waals surface area contributed by atoms with Crippen LogP contribution in [0.2, 0.25) is 0 Å². The molecule has 4 N–H and O–H groups in total. The van der Waals surface area contributed by atoms with Gasteiger partial charge in [-0.05, 0) is 19.4 Å². The lowest BCUT2D eigenvalue weighted by Gasteiger charge is -2.19. The van der Waals surface area contributed by atoms with Crippen molar-refractivity contribution >= 4 is 5.84 Å². The molecule has 5 heteroatoms. The third-order valence-corrected chi connectivity index (χ3v) is 2.48. The number of hydrogen-bond donors (Lipinski definition) is 3. The second-order valence-electron chi connectivity index (χ2n) is 3.63. The van der Waals surface area contributed by atoms with Gasteiger partial charge in [-0.1, -0.05) is 12.1 Å². The van der Waals surface area contributed by atoms with Crippen molar-refractivity contribution in [2.45, 2.75) is 25.8 Å². The summed E-state index contributed by atoms with van der Waals surface area (Å²) in [6.07, 6.45) is 2.68. The summed E-state index contributed by atoms with van der Waals surface area (Å²) in [6, 6.07) is 0.811. The zero-order chi connectivity index (χ0) is 10.4. The smallest absolute Gasteiger partial charge is 0.153 e. The molecule has 1 aliphatic carbocycles. The molecule has 5 nitrogen and oxygen atoms in total. The highest BCUT2D eigenvalue weighted by Crippen LogP contribution is 2.25. The molecule has 0 radical (unpaired) electrons. The number of nitrogens with zero attached hydrogens (tertiary/aromatic N) is 2. The van der Waals surface area contributed by atoms with Gasteiger partial charge in [-0.2, -0.15) is 0 Å². The van der Waals surface area contributed by atoms with Gasteiger partial charge >= 0.3 is 0 Å². The summed E-state index contributed by atoms with van der Waals surface area (Å²) in [7, 11) is 0. The molecule has 0 spiro atoms. The fourth-order valence-corrected chi connectivity index (χ4v) is 1.51. The first-order chi connectivity index (χ1) is 6.77. The summed E-state index contributed by atoms with van der Waals surface area (Å²) in [5.41, 5.74) is 5.32. The van der Waals surface area contributed by atoms with Gasteiger partial charge in [-0.15, -0.1) is 0 Å². The van der Waals surface area contributed by atoms with Crippen molar-refractivity contribution in [1.82, 2.24) is 10.2 Å². The van der Waals surface area contributed by atoms with Crippen molar-refractivity contribution in [3.05, 3.63) is 0 Å². The van der Waals surface area contributed by atoms with Crippen LogP contribution in [0.5, 0.6) is 0 Å². The third kappa shape index (κ3) is 3.93. The van der Waals surface area contributed by atoms with E-state index in [9.17, 15) is 0 Å². The lowest BCUT2D eigenvalue weighted by Crippen LogP contribution is -2.37.